The maximum absolute atomic E-state index is 13.6. The van der Waals surface area contributed by atoms with Crippen molar-refractivity contribution in [2.24, 2.45) is 5.41 Å². The Morgan fingerprint density at radius 1 is 1.09 bits per heavy atom. The monoisotopic (exact) mass is 488 g/mol. The number of hydrogen-bond donors (Lipinski definition) is 1. The van der Waals surface area contributed by atoms with Gasteiger partial charge < -0.3 is 14.8 Å². The van der Waals surface area contributed by atoms with Crippen LogP contribution in [0.2, 0.25) is 10.0 Å². The molecule has 0 spiro atoms. The van der Waals surface area contributed by atoms with E-state index in [9.17, 15) is 9.59 Å². The summed E-state index contributed by atoms with van der Waals surface area (Å²) in [4.78, 5) is 28.3. The Kier molecular flexibility index (Phi) is 6.10. The van der Waals surface area contributed by atoms with E-state index in [-0.39, 0.29) is 17.1 Å². The molecule has 1 aliphatic carbocycles. The van der Waals surface area contributed by atoms with E-state index in [1.807, 2.05) is 0 Å². The lowest BCUT2D eigenvalue weighted by molar-refractivity contribution is -0.118. The lowest BCUT2D eigenvalue weighted by atomic mass is 9.73. The maximum atomic E-state index is 13.6. The van der Waals surface area contributed by atoms with Crippen molar-refractivity contribution in [3.8, 4) is 11.5 Å². The second kappa shape index (κ2) is 8.58. The molecule has 0 radical (unpaired) electrons. The second-order valence-corrected chi connectivity index (χ2v) is 9.98. The molecule has 174 valence electrons. The third kappa shape index (κ3) is 4.18. The van der Waals surface area contributed by atoms with Gasteiger partial charge >= 0.3 is 0 Å². The quantitative estimate of drug-likeness (QED) is 0.558. The summed E-state index contributed by atoms with van der Waals surface area (Å²) in [6.45, 7) is 5.59. The van der Waals surface area contributed by atoms with Crippen molar-refractivity contribution < 1.29 is 19.1 Å². The Morgan fingerprint density at radius 3 is 2.36 bits per heavy atom. The number of nitrogens with one attached hydrogen (secondary N) is 1. The zero-order chi connectivity index (χ0) is 24.1. The molecule has 1 amide bonds. The normalized spacial score (nSPS) is 19.3. The highest BCUT2D eigenvalue weighted by molar-refractivity contribution is 6.35. The van der Waals surface area contributed by atoms with E-state index in [2.05, 4.69) is 19.2 Å². The minimum absolute atomic E-state index is 0.0252. The molecule has 0 saturated heterocycles. The topological polar surface area (TPSA) is 67.9 Å². The fourth-order valence-corrected chi connectivity index (χ4v) is 5.24. The van der Waals surface area contributed by atoms with Crippen molar-refractivity contribution in [2.75, 3.05) is 24.4 Å². The Labute approximate surface area is 203 Å². The van der Waals surface area contributed by atoms with E-state index in [1.54, 1.807) is 42.3 Å². The first-order valence-electron chi connectivity index (χ1n) is 10.6. The lowest BCUT2D eigenvalue weighted by Crippen LogP contribution is -2.38. The summed E-state index contributed by atoms with van der Waals surface area (Å²) < 4.78 is 11.0. The first-order valence-corrected chi connectivity index (χ1v) is 11.4. The predicted molar refractivity (Wildman–Crippen MR) is 131 cm³/mol. The molecule has 1 heterocycles. The van der Waals surface area contributed by atoms with Gasteiger partial charge in [0.15, 0.2) is 17.3 Å². The van der Waals surface area contributed by atoms with Gasteiger partial charge in [-0.05, 0) is 29.5 Å². The van der Waals surface area contributed by atoms with E-state index in [0.29, 0.717) is 56.9 Å². The van der Waals surface area contributed by atoms with Crippen molar-refractivity contribution >= 4 is 46.3 Å². The summed E-state index contributed by atoms with van der Waals surface area (Å²) in [5, 5.41) is 4.30. The van der Waals surface area contributed by atoms with Gasteiger partial charge in [-0.3, -0.25) is 14.5 Å². The van der Waals surface area contributed by atoms with Gasteiger partial charge in [0, 0.05) is 46.8 Å². The Balaban J connectivity index is 2.06. The number of ketones is 1. The molecule has 1 atom stereocenters. The van der Waals surface area contributed by atoms with Gasteiger partial charge in [0.25, 0.3) is 0 Å². The maximum Gasteiger partial charge on any atom is 0.224 e. The summed E-state index contributed by atoms with van der Waals surface area (Å²) in [6, 6.07) is 7.92. The number of allylic oxidation sites excluding steroid dienone is 1. The van der Waals surface area contributed by atoms with E-state index < -0.39 is 6.04 Å². The molecule has 0 saturated carbocycles. The smallest absolute Gasteiger partial charge is 0.224 e. The van der Waals surface area contributed by atoms with Gasteiger partial charge in [-0.2, -0.15) is 0 Å². The Hall–Kier alpha value is -2.70. The standard InChI is InChI=1S/C25H26Cl2N2O4/c1-13(30)29-19-10-22(33-5)21(32-4)9-17(19)28-18-11-25(2,3)12-20(31)23(18)24(29)15-7-6-14(26)8-16(15)27/h6-10,24,28H,11-12H2,1-5H3. The number of fused-ring (bicyclic) bond motifs is 1. The highest BCUT2D eigenvalue weighted by atomic mass is 35.5. The average molecular weight is 489 g/mol. The highest BCUT2D eigenvalue weighted by Crippen LogP contribution is 2.51. The number of Topliss-reactive ketones (excluding diaryl/α,β-unsaturated/α-hetero) is 1. The summed E-state index contributed by atoms with van der Waals surface area (Å²) in [5.74, 6) is 0.714. The molecule has 2 aliphatic rings. The van der Waals surface area contributed by atoms with Crippen molar-refractivity contribution in [1.82, 2.24) is 0 Å². The molecule has 33 heavy (non-hydrogen) atoms. The van der Waals surface area contributed by atoms with E-state index in [0.717, 1.165) is 5.70 Å². The number of rotatable bonds is 3. The van der Waals surface area contributed by atoms with Crippen LogP contribution in [0.1, 0.15) is 45.2 Å². The number of ether oxygens (including phenoxy) is 2. The lowest BCUT2D eigenvalue weighted by Gasteiger charge is -2.37. The first-order chi connectivity index (χ1) is 15.6. The van der Waals surface area contributed by atoms with Gasteiger partial charge in [0.05, 0.1) is 31.6 Å². The number of carbonyl (C=O) groups excluding carboxylic acids is 2. The molecule has 6 nitrogen and oxygen atoms in total. The van der Waals surface area contributed by atoms with Gasteiger partial charge in [-0.1, -0.05) is 43.1 Å². The van der Waals surface area contributed by atoms with Gasteiger partial charge in [-0.25, -0.2) is 0 Å². The predicted octanol–water partition coefficient (Wildman–Crippen LogP) is 6.17. The van der Waals surface area contributed by atoms with Crippen LogP contribution in [0.4, 0.5) is 11.4 Å². The van der Waals surface area contributed by atoms with Gasteiger partial charge in [-0.15, -0.1) is 0 Å². The fraction of sp³-hybridized carbons (Fsp3) is 0.360. The molecule has 0 bridgehead atoms. The minimum Gasteiger partial charge on any atom is -0.493 e. The molecular formula is C25H26Cl2N2O4. The third-order valence-electron chi connectivity index (χ3n) is 6.09. The molecule has 2 aromatic rings. The minimum atomic E-state index is -0.724. The molecule has 4 rings (SSSR count). The molecular weight excluding hydrogens is 463 g/mol. The molecule has 1 N–H and O–H groups in total. The van der Waals surface area contributed by atoms with Gasteiger partial charge in [0.1, 0.15) is 0 Å². The van der Waals surface area contributed by atoms with Crippen molar-refractivity contribution in [1.29, 1.82) is 0 Å². The Bertz CT molecular complexity index is 1190. The van der Waals surface area contributed by atoms with Crippen molar-refractivity contribution in [3.05, 3.63) is 57.2 Å². The molecule has 0 aromatic heterocycles. The van der Waals surface area contributed by atoms with E-state index >= 15 is 0 Å². The van der Waals surface area contributed by atoms with Crippen LogP contribution in [-0.4, -0.2) is 25.9 Å². The molecule has 8 heteroatoms. The molecule has 0 fully saturated rings. The van der Waals surface area contributed by atoms with Crippen LogP contribution in [0, 0.1) is 5.41 Å². The number of hydrogen-bond acceptors (Lipinski definition) is 5. The fourth-order valence-electron chi connectivity index (χ4n) is 4.73. The van der Waals surface area contributed by atoms with Crippen LogP contribution in [0.15, 0.2) is 41.6 Å². The number of anilines is 2. The van der Waals surface area contributed by atoms with Crippen molar-refractivity contribution in [3.63, 3.8) is 0 Å². The number of carbonyl (C=O) groups is 2. The summed E-state index contributed by atoms with van der Waals surface area (Å²) >= 11 is 12.8. The zero-order valence-corrected chi connectivity index (χ0v) is 20.7. The molecule has 2 aromatic carbocycles. The number of methoxy groups -OCH3 is 2. The van der Waals surface area contributed by atoms with Crippen LogP contribution in [0.25, 0.3) is 0 Å². The molecule has 1 aliphatic heterocycles. The first kappa shape index (κ1) is 23.5. The van der Waals surface area contributed by atoms with Crippen molar-refractivity contribution in [2.45, 2.75) is 39.7 Å². The third-order valence-corrected chi connectivity index (χ3v) is 6.66. The van der Waals surface area contributed by atoms with Crippen LogP contribution < -0.4 is 19.7 Å². The number of nitrogens with zero attached hydrogens (tertiary/aromatic N) is 1. The second-order valence-electron chi connectivity index (χ2n) is 9.14. The number of benzene rings is 2. The number of halogens is 2. The summed E-state index contributed by atoms with van der Waals surface area (Å²) in [7, 11) is 3.09. The van der Waals surface area contributed by atoms with E-state index in [4.69, 9.17) is 32.7 Å². The van der Waals surface area contributed by atoms with E-state index in [1.165, 1.54) is 14.0 Å². The van der Waals surface area contributed by atoms with Crippen LogP contribution in [-0.2, 0) is 9.59 Å². The molecule has 1 unspecified atom stereocenters. The highest BCUT2D eigenvalue weighted by Gasteiger charge is 2.43. The SMILES string of the molecule is COc1cc2c(cc1OC)N(C(C)=O)C(c1ccc(Cl)cc1Cl)C1=C(CC(C)(C)CC1=O)N2. The zero-order valence-electron chi connectivity index (χ0n) is 19.2. The average Bonchev–Trinajstić information content (AvgIpc) is 2.85. The summed E-state index contributed by atoms with van der Waals surface area (Å²) in [6.07, 6.45) is 0.999. The van der Waals surface area contributed by atoms with Crippen LogP contribution >= 0.6 is 23.2 Å². The largest absolute Gasteiger partial charge is 0.493 e. The Morgan fingerprint density at radius 2 is 1.76 bits per heavy atom. The van der Waals surface area contributed by atoms with Gasteiger partial charge in [0.2, 0.25) is 5.91 Å². The number of amides is 1. The summed E-state index contributed by atoms with van der Waals surface area (Å²) in [5.41, 5.74) is 2.90. The van der Waals surface area contributed by atoms with Crippen LogP contribution in [0.3, 0.4) is 0 Å². The van der Waals surface area contributed by atoms with Crippen LogP contribution in [0.5, 0.6) is 11.5 Å².